The molecule has 8 rings (SSSR count). The maximum Gasteiger partial charge on any atom is 0.119 e. The minimum Gasteiger partial charge on any atom is -0.491 e. The molecule has 0 aromatic heterocycles. The quantitative estimate of drug-likeness (QED) is 0.222. The Balaban J connectivity index is 1.35. The van der Waals surface area contributed by atoms with E-state index in [0.717, 1.165) is 17.7 Å². The molecule has 0 radical (unpaired) electrons. The number of fused-ring (bicyclic) bond motifs is 5. The molecule has 43 heavy (non-hydrogen) atoms. The second-order valence-electron chi connectivity index (χ2n) is 11.3. The third-order valence-corrected chi connectivity index (χ3v) is 8.73. The summed E-state index contributed by atoms with van der Waals surface area (Å²) in [7, 11) is 0. The highest BCUT2D eigenvalue weighted by Gasteiger charge is 2.28. The van der Waals surface area contributed by atoms with Crippen LogP contribution in [0.25, 0.3) is 66.1 Å². The fourth-order valence-electron chi connectivity index (χ4n) is 6.71. The molecule has 0 heterocycles. The van der Waals surface area contributed by atoms with Gasteiger partial charge in [-0.3, -0.25) is 0 Å². The molecule has 0 saturated carbocycles. The van der Waals surface area contributed by atoms with Crippen molar-refractivity contribution in [2.24, 2.45) is 0 Å². The second-order valence-corrected chi connectivity index (χ2v) is 11.3. The van der Waals surface area contributed by atoms with Crippen LogP contribution in [0.1, 0.15) is 11.1 Å². The lowest BCUT2D eigenvalue weighted by atomic mass is 9.86. The first-order chi connectivity index (χ1) is 21.3. The van der Waals surface area contributed by atoms with Crippen molar-refractivity contribution in [1.82, 2.24) is 0 Å². The molecule has 0 saturated heterocycles. The van der Waals surface area contributed by atoms with Gasteiger partial charge in [-0.05, 0) is 108 Å². The highest BCUT2D eigenvalue weighted by atomic mass is 16.5. The van der Waals surface area contributed by atoms with Crippen LogP contribution in [0.4, 0.5) is 0 Å². The molecule has 0 unspecified atom stereocenters. The molecular weight excluding hydrogens is 524 g/mol. The van der Waals surface area contributed by atoms with Gasteiger partial charge in [-0.25, -0.2) is 0 Å². The fourth-order valence-corrected chi connectivity index (χ4v) is 6.71. The van der Waals surface area contributed by atoms with Crippen molar-refractivity contribution >= 4 is 21.5 Å². The predicted octanol–water partition coefficient (Wildman–Crippen LogP) is 9.94. The Morgan fingerprint density at radius 3 is 1.72 bits per heavy atom. The predicted molar refractivity (Wildman–Crippen MR) is 179 cm³/mol. The number of rotatable bonds is 6. The van der Waals surface area contributed by atoms with Crippen molar-refractivity contribution in [3.05, 3.63) is 151 Å². The zero-order valence-electron chi connectivity index (χ0n) is 23.8. The van der Waals surface area contributed by atoms with E-state index in [9.17, 15) is 0 Å². The first kappa shape index (κ1) is 25.5. The van der Waals surface area contributed by atoms with Gasteiger partial charge in [-0.15, -0.1) is 0 Å². The highest BCUT2D eigenvalue weighted by Crippen LogP contribution is 2.51. The molecule has 7 aromatic rings. The Kier molecular flexibility index (Phi) is 6.28. The third kappa shape index (κ3) is 4.48. The van der Waals surface area contributed by atoms with Gasteiger partial charge in [0.2, 0.25) is 0 Å². The molecule has 0 fully saturated rings. The van der Waals surface area contributed by atoms with Gasteiger partial charge in [-0.2, -0.15) is 0 Å². The van der Waals surface area contributed by atoms with Gasteiger partial charge in [-0.1, -0.05) is 115 Å². The van der Waals surface area contributed by atoms with Crippen LogP contribution < -0.4 is 4.74 Å². The van der Waals surface area contributed by atoms with Crippen LogP contribution in [0.2, 0.25) is 0 Å². The molecule has 0 aliphatic heterocycles. The van der Waals surface area contributed by atoms with Crippen LogP contribution in [-0.4, -0.2) is 18.3 Å². The molecule has 2 heteroatoms. The molecule has 0 spiro atoms. The van der Waals surface area contributed by atoms with Crippen LogP contribution in [-0.2, 0) is 6.42 Å². The van der Waals surface area contributed by atoms with Crippen molar-refractivity contribution in [2.45, 2.75) is 6.42 Å². The van der Waals surface area contributed by atoms with Crippen molar-refractivity contribution in [3.8, 4) is 50.3 Å². The molecule has 2 nitrogen and oxygen atoms in total. The Labute approximate surface area is 251 Å². The average Bonchev–Trinajstić information content (AvgIpc) is 3.47. The lowest BCUT2D eigenvalue weighted by molar-refractivity contribution is 0.201. The van der Waals surface area contributed by atoms with Crippen LogP contribution in [0.5, 0.6) is 5.75 Å². The SMILES string of the molecule is OCCOc1ccc(-c2ccc(-c3ccc4ccccc4c3)c3c2Cc2cccc(-c4ccc5ccccc5c4)c2-3)cc1. The number of aliphatic hydroxyl groups is 1. The monoisotopic (exact) mass is 554 g/mol. The van der Waals surface area contributed by atoms with Gasteiger partial charge >= 0.3 is 0 Å². The molecule has 0 atom stereocenters. The van der Waals surface area contributed by atoms with Crippen molar-refractivity contribution in [3.63, 3.8) is 0 Å². The first-order valence-corrected chi connectivity index (χ1v) is 14.9. The Hall–Kier alpha value is -5.18. The summed E-state index contributed by atoms with van der Waals surface area (Å²) in [5.41, 5.74) is 12.8. The van der Waals surface area contributed by atoms with E-state index < -0.39 is 0 Å². The average molecular weight is 555 g/mol. The Morgan fingerprint density at radius 2 is 1.07 bits per heavy atom. The van der Waals surface area contributed by atoms with Crippen molar-refractivity contribution in [1.29, 1.82) is 0 Å². The maximum atomic E-state index is 9.16. The number of hydrogen-bond donors (Lipinski definition) is 1. The van der Waals surface area contributed by atoms with E-state index in [-0.39, 0.29) is 6.61 Å². The summed E-state index contributed by atoms with van der Waals surface area (Å²) < 4.78 is 5.65. The summed E-state index contributed by atoms with van der Waals surface area (Å²) in [5, 5.41) is 14.2. The number of ether oxygens (including phenoxy) is 1. The summed E-state index contributed by atoms with van der Waals surface area (Å²) in [4.78, 5) is 0. The lowest BCUT2D eigenvalue weighted by Crippen LogP contribution is -2.01. The van der Waals surface area contributed by atoms with E-state index in [1.807, 2.05) is 12.1 Å². The number of hydrogen-bond acceptors (Lipinski definition) is 2. The van der Waals surface area contributed by atoms with E-state index in [0.29, 0.717) is 6.61 Å². The molecule has 1 aliphatic rings. The lowest BCUT2D eigenvalue weighted by Gasteiger charge is -2.18. The fraction of sp³-hybridized carbons (Fsp3) is 0.0732. The summed E-state index contributed by atoms with van der Waals surface area (Å²) in [5.74, 6) is 0.768. The molecule has 7 aromatic carbocycles. The molecular formula is C41H30O2. The minimum atomic E-state index is 0.00327. The summed E-state index contributed by atoms with van der Waals surface area (Å²) >= 11 is 0. The smallest absolute Gasteiger partial charge is 0.119 e. The summed E-state index contributed by atoms with van der Waals surface area (Å²) in [6, 6.07) is 50.4. The maximum absolute atomic E-state index is 9.16. The molecule has 206 valence electrons. The standard InChI is InChI=1S/C41H30O2/c42-22-23-43-35-18-16-29(17-19-35)36-20-21-38(33-15-13-28-7-2-4-9-31(28)25-33)41-39(36)26-34-10-5-11-37(40(34)41)32-14-12-27-6-1-3-8-30(27)24-32/h1-21,24-25,42H,22-23,26H2. The summed E-state index contributed by atoms with van der Waals surface area (Å²) in [6.45, 7) is 0.297. The van der Waals surface area contributed by atoms with Crippen molar-refractivity contribution < 1.29 is 9.84 Å². The van der Waals surface area contributed by atoms with E-state index in [4.69, 9.17) is 9.84 Å². The Bertz CT molecular complexity index is 2140. The van der Waals surface area contributed by atoms with Gasteiger partial charge in [0, 0.05) is 0 Å². The van der Waals surface area contributed by atoms with Crippen LogP contribution in [0.15, 0.2) is 140 Å². The van der Waals surface area contributed by atoms with Gasteiger partial charge in [0.1, 0.15) is 12.4 Å². The summed E-state index contributed by atoms with van der Waals surface area (Å²) in [6.07, 6.45) is 0.881. The van der Waals surface area contributed by atoms with Gasteiger partial charge in [0.15, 0.2) is 0 Å². The largest absolute Gasteiger partial charge is 0.491 e. The van der Waals surface area contributed by atoms with Gasteiger partial charge in [0.05, 0.1) is 6.61 Å². The van der Waals surface area contributed by atoms with E-state index >= 15 is 0 Å². The zero-order chi connectivity index (χ0) is 28.8. The third-order valence-electron chi connectivity index (χ3n) is 8.73. The van der Waals surface area contributed by atoms with E-state index in [1.165, 1.54) is 71.6 Å². The van der Waals surface area contributed by atoms with E-state index in [1.54, 1.807) is 0 Å². The van der Waals surface area contributed by atoms with Crippen LogP contribution >= 0.6 is 0 Å². The molecule has 1 N–H and O–H groups in total. The number of benzene rings is 7. The van der Waals surface area contributed by atoms with Crippen molar-refractivity contribution in [2.75, 3.05) is 13.2 Å². The topological polar surface area (TPSA) is 29.5 Å². The van der Waals surface area contributed by atoms with Crippen LogP contribution in [0, 0.1) is 0 Å². The zero-order valence-corrected chi connectivity index (χ0v) is 23.8. The first-order valence-electron chi connectivity index (χ1n) is 14.9. The van der Waals surface area contributed by atoms with Gasteiger partial charge < -0.3 is 9.84 Å². The second kappa shape index (κ2) is 10.6. The molecule has 0 bridgehead atoms. The highest BCUT2D eigenvalue weighted by molar-refractivity contribution is 6.02. The minimum absolute atomic E-state index is 0.00327. The Morgan fingerprint density at radius 1 is 0.488 bits per heavy atom. The molecule has 1 aliphatic carbocycles. The van der Waals surface area contributed by atoms with Crippen LogP contribution in [0.3, 0.4) is 0 Å². The molecule has 0 amide bonds. The normalized spacial score (nSPS) is 11.9. The van der Waals surface area contributed by atoms with E-state index in [2.05, 4.69) is 127 Å². The number of aliphatic hydroxyl groups excluding tert-OH is 1. The van der Waals surface area contributed by atoms with Gasteiger partial charge in [0.25, 0.3) is 0 Å².